The van der Waals surface area contributed by atoms with Gasteiger partial charge in [0.25, 0.3) is 0 Å². The molecule has 0 radical (unpaired) electrons. The third-order valence-electron chi connectivity index (χ3n) is 6.04. The quantitative estimate of drug-likeness (QED) is 0.897. The van der Waals surface area contributed by atoms with E-state index in [0.29, 0.717) is 0 Å². The van der Waals surface area contributed by atoms with Crippen molar-refractivity contribution in [2.75, 3.05) is 19.6 Å². The van der Waals surface area contributed by atoms with Crippen molar-refractivity contribution in [3.8, 4) is 0 Å². The van der Waals surface area contributed by atoms with Gasteiger partial charge in [-0.15, -0.1) is 0 Å². The molecular formula is C19H30N2. The zero-order chi connectivity index (χ0) is 14.9. The average Bonchev–Trinajstić information content (AvgIpc) is 2.50. The minimum atomic E-state index is 0.270. The number of likely N-dealkylation sites (N-methyl/N-ethyl adjacent to an activating group) is 1. The number of nitrogens with two attached hydrogens (primary N) is 1. The fourth-order valence-corrected chi connectivity index (χ4v) is 4.40. The SMILES string of the molecule is CCN(CC1Cc2ccccc21)C1(CN)CCC(C)CC1. The van der Waals surface area contributed by atoms with Gasteiger partial charge >= 0.3 is 0 Å². The van der Waals surface area contributed by atoms with Crippen LogP contribution in [0.25, 0.3) is 0 Å². The number of benzene rings is 1. The van der Waals surface area contributed by atoms with E-state index in [9.17, 15) is 0 Å². The van der Waals surface area contributed by atoms with Crippen LogP contribution in [0.2, 0.25) is 0 Å². The first kappa shape index (κ1) is 15.1. The summed E-state index contributed by atoms with van der Waals surface area (Å²) in [5.74, 6) is 1.61. The van der Waals surface area contributed by atoms with Crippen molar-refractivity contribution in [1.82, 2.24) is 4.90 Å². The topological polar surface area (TPSA) is 29.3 Å². The zero-order valence-electron chi connectivity index (χ0n) is 13.6. The third kappa shape index (κ3) is 2.76. The number of rotatable bonds is 5. The van der Waals surface area contributed by atoms with Gasteiger partial charge in [-0.3, -0.25) is 4.90 Å². The van der Waals surface area contributed by atoms with Crippen molar-refractivity contribution < 1.29 is 0 Å². The minimum absolute atomic E-state index is 0.270. The molecule has 0 spiro atoms. The molecule has 1 aromatic carbocycles. The molecule has 0 saturated heterocycles. The molecule has 0 aliphatic heterocycles. The van der Waals surface area contributed by atoms with Crippen LogP contribution in [-0.2, 0) is 6.42 Å². The Labute approximate surface area is 129 Å². The second kappa shape index (κ2) is 6.10. The van der Waals surface area contributed by atoms with Gasteiger partial charge in [-0.1, -0.05) is 38.1 Å². The third-order valence-corrected chi connectivity index (χ3v) is 6.04. The summed E-state index contributed by atoms with van der Waals surface area (Å²) >= 11 is 0. The van der Waals surface area contributed by atoms with Gasteiger partial charge in [0, 0.05) is 24.5 Å². The summed E-state index contributed by atoms with van der Waals surface area (Å²) in [5, 5.41) is 0. The van der Waals surface area contributed by atoms with Crippen LogP contribution in [-0.4, -0.2) is 30.1 Å². The summed E-state index contributed by atoms with van der Waals surface area (Å²) in [7, 11) is 0. The molecule has 0 amide bonds. The Balaban J connectivity index is 1.70. The maximum atomic E-state index is 6.25. The lowest BCUT2D eigenvalue weighted by molar-refractivity contribution is 0.0418. The van der Waals surface area contributed by atoms with Crippen LogP contribution in [0, 0.1) is 5.92 Å². The van der Waals surface area contributed by atoms with Gasteiger partial charge < -0.3 is 5.73 Å². The Morgan fingerprint density at radius 3 is 2.57 bits per heavy atom. The molecule has 1 saturated carbocycles. The second-order valence-electron chi connectivity index (χ2n) is 7.25. The Bertz CT molecular complexity index is 474. The van der Waals surface area contributed by atoms with E-state index in [1.165, 1.54) is 38.6 Å². The van der Waals surface area contributed by atoms with Gasteiger partial charge in [0.1, 0.15) is 0 Å². The molecule has 2 aliphatic carbocycles. The van der Waals surface area contributed by atoms with Gasteiger partial charge in [-0.25, -0.2) is 0 Å². The van der Waals surface area contributed by atoms with Crippen molar-refractivity contribution in [1.29, 1.82) is 0 Å². The summed E-state index contributed by atoms with van der Waals surface area (Å²) in [6.07, 6.45) is 6.51. The lowest BCUT2D eigenvalue weighted by Crippen LogP contribution is -2.57. The summed E-state index contributed by atoms with van der Waals surface area (Å²) < 4.78 is 0. The number of hydrogen-bond acceptors (Lipinski definition) is 2. The zero-order valence-corrected chi connectivity index (χ0v) is 13.6. The first-order chi connectivity index (χ1) is 10.2. The van der Waals surface area contributed by atoms with Crippen LogP contribution in [0.4, 0.5) is 0 Å². The molecule has 1 atom stereocenters. The molecule has 3 rings (SSSR count). The monoisotopic (exact) mass is 286 g/mol. The van der Waals surface area contributed by atoms with E-state index in [1.54, 1.807) is 11.1 Å². The molecule has 0 heterocycles. The van der Waals surface area contributed by atoms with Crippen molar-refractivity contribution in [2.24, 2.45) is 11.7 Å². The van der Waals surface area contributed by atoms with E-state index in [1.807, 2.05) is 0 Å². The van der Waals surface area contributed by atoms with E-state index in [4.69, 9.17) is 5.73 Å². The van der Waals surface area contributed by atoms with Crippen LogP contribution >= 0.6 is 0 Å². The number of hydrogen-bond donors (Lipinski definition) is 1. The Morgan fingerprint density at radius 1 is 1.24 bits per heavy atom. The Hall–Kier alpha value is -0.860. The van der Waals surface area contributed by atoms with Crippen LogP contribution in [0.3, 0.4) is 0 Å². The molecular weight excluding hydrogens is 256 g/mol. The van der Waals surface area contributed by atoms with Gasteiger partial charge in [-0.2, -0.15) is 0 Å². The molecule has 116 valence electrons. The molecule has 21 heavy (non-hydrogen) atoms. The highest BCUT2D eigenvalue weighted by Crippen LogP contribution is 2.40. The van der Waals surface area contributed by atoms with E-state index < -0.39 is 0 Å². The predicted octanol–water partition coefficient (Wildman–Crippen LogP) is 3.56. The summed E-state index contributed by atoms with van der Waals surface area (Å²) in [6.45, 7) is 7.84. The molecule has 1 fully saturated rings. The van der Waals surface area contributed by atoms with Gasteiger partial charge in [-0.05, 0) is 55.7 Å². The smallest absolute Gasteiger partial charge is 0.0332 e. The molecule has 0 bridgehead atoms. The molecule has 2 heteroatoms. The van der Waals surface area contributed by atoms with Crippen LogP contribution in [0.1, 0.15) is 56.6 Å². The van der Waals surface area contributed by atoms with Crippen LogP contribution < -0.4 is 5.73 Å². The van der Waals surface area contributed by atoms with Crippen LogP contribution in [0.5, 0.6) is 0 Å². The minimum Gasteiger partial charge on any atom is -0.329 e. The largest absolute Gasteiger partial charge is 0.329 e. The maximum absolute atomic E-state index is 6.25. The van der Waals surface area contributed by atoms with E-state index in [2.05, 4.69) is 43.0 Å². The van der Waals surface area contributed by atoms with Crippen molar-refractivity contribution >= 4 is 0 Å². The number of nitrogens with zero attached hydrogens (tertiary/aromatic N) is 1. The molecule has 0 aromatic heterocycles. The Morgan fingerprint density at radius 2 is 1.95 bits per heavy atom. The summed E-state index contributed by atoms with van der Waals surface area (Å²) in [5.41, 5.74) is 9.65. The molecule has 2 nitrogen and oxygen atoms in total. The predicted molar refractivity (Wildman–Crippen MR) is 89.6 cm³/mol. The van der Waals surface area contributed by atoms with E-state index in [0.717, 1.165) is 24.9 Å². The Kier molecular flexibility index (Phi) is 4.37. The summed E-state index contributed by atoms with van der Waals surface area (Å²) in [4.78, 5) is 2.71. The first-order valence-electron chi connectivity index (χ1n) is 8.71. The molecule has 1 aromatic rings. The number of fused-ring (bicyclic) bond motifs is 1. The van der Waals surface area contributed by atoms with Crippen molar-refractivity contribution in [3.05, 3.63) is 35.4 Å². The highest BCUT2D eigenvalue weighted by Gasteiger charge is 2.39. The molecule has 2 aliphatic rings. The maximum Gasteiger partial charge on any atom is 0.0332 e. The average molecular weight is 286 g/mol. The van der Waals surface area contributed by atoms with Crippen LogP contribution in [0.15, 0.2) is 24.3 Å². The van der Waals surface area contributed by atoms with Gasteiger partial charge in [0.15, 0.2) is 0 Å². The van der Waals surface area contributed by atoms with Gasteiger partial charge in [0.05, 0.1) is 0 Å². The normalized spacial score (nSPS) is 31.8. The lowest BCUT2D eigenvalue weighted by atomic mass is 9.73. The second-order valence-corrected chi connectivity index (χ2v) is 7.25. The van der Waals surface area contributed by atoms with E-state index >= 15 is 0 Å². The van der Waals surface area contributed by atoms with Crippen molar-refractivity contribution in [2.45, 2.75) is 57.4 Å². The van der Waals surface area contributed by atoms with E-state index in [-0.39, 0.29) is 5.54 Å². The molecule has 1 unspecified atom stereocenters. The summed E-state index contributed by atoms with van der Waals surface area (Å²) in [6, 6.07) is 8.94. The highest BCUT2D eigenvalue weighted by molar-refractivity contribution is 5.40. The lowest BCUT2D eigenvalue weighted by Gasteiger charge is -2.49. The fraction of sp³-hybridized carbons (Fsp3) is 0.684. The van der Waals surface area contributed by atoms with Crippen molar-refractivity contribution in [3.63, 3.8) is 0 Å². The highest BCUT2D eigenvalue weighted by atomic mass is 15.2. The fourth-order valence-electron chi connectivity index (χ4n) is 4.40. The molecule has 2 N–H and O–H groups in total. The standard InChI is InChI=1S/C19H30N2/c1-3-21(19(14-20)10-8-15(2)9-11-19)13-17-12-16-6-4-5-7-18(16)17/h4-7,15,17H,3,8-14,20H2,1-2H3. The van der Waals surface area contributed by atoms with Gasteiger partial charge in [0.2, 0.25) is 0 Å². The first-order valence-corrected chi connectivity index (χ1v) is 8.71.